The van der Waals surface area contributed by atoms with E-state index in [-0.39, 0.29) is 11.5 Å². The van der Waals surface area contributed by atoms with Crippen LogP contribution in [-0.4, -0.2) is 21.5 Å². The maximum Gasteiger partial charge on any atom is 0.175 e. The van der Waals surface area contributed by atoms with E-state index in [2.05, 4.69) is 0 Å². The third kappa shape index (κ3) is 4.14. The Kier molecular flexibility index (Phi) is 4.99. The quantitative estimate of drug-likeness (QED) is 0.747. The highest BCUT2D eigenvalue weighted by molar-refractivity contribution is 7.85. The molecule has 1 aromatic rings. The number of Topliss-reactive ketones (excluding diaryl/α,β-unsaturated/α-hetero) is 1. The number of hydrogen-bond donors (Lipinski definition) is 0. The van der Waals surface area contributed by atoms with Crippen molar-refractivity contribution in [2.45, 2.75) is 13.3 Å². The van der Waals surface area contributed by atoms with Crippen molar-refractivity contribution >= 4 is 28.2 Å². The predicted octanol–water partition coefficient (Wildman–Crippen LogP) is 2.68. The predicted molar refractivity (Wildman–Crippen MR) is 63.9 cm³/mol. The van der Waals surface area contributed by atoms with E-state index in [4.69, 9.17) is 11.6 Å². The second-order valence-corrected chi connectivity index (χ2v) is 5.23. The van der Waals surface area contributed by atoms with Crippen molar-refractivity contribution in [2.75, 3.05) is 11.5 Å². The Balaban J connectivity index is 2.61. The second kappa shape index (κ2) is 6.03. The van der Waals surface area contributed by atoms with Crippen molar-refractivity contribution in [3.05, 3.63) is 34.9 Å². The van der Waals surface area contributed by atoms with Crippen LogP contribution in [0.5, 0.6) is 0 Å². The van der Waals surface area contributed by atoms with Gasteiger partial charge in [0.1, 0.15) is 0 Å². The zero-order chi connectivity index (χ0) is 11.3. The Bertz CT molecular complexity index is 359. The van der Waals surface area contributed by atoms with Crippen LogP contribution in [0.4, 0.5) is 0 Å². The number of carbonyl (C=O) groups excluding carboxylic acids is 1. The van der Waals surface area contributed by atoms with Gasteiger partial charge in [0.15, 0.2) is 5.78 Å². The average Bonchev–Trinajstić information content (AvgIpc) is 2.18. The summed E-state index contributed by atoms with van der Waals surface area (Å²) in [7, 11) is -1.04. The van der Waals surface area contributed by atoms with E-state index in [1.54, 1.807) is 24.3 Å². The minimum absolute atomic E-state index is 0.0848. The summed E-state index contributed by atoms with van der Waals surface area (Å²) in [5.74, 6) is 0.605. The monoisotopic (exact) mass is 244 g/mol. The van der Waals surface area contributed by atoms with Gasteiger partial charge < -0.3 is 0 Å². The molecule has 0 spiro atoms. The summed E-state index contributed by atoms with van der Waals surface area (Å²) in [4.78, 5) is 11.6. The lowest BCUT2D eigenvalue weighted by Crippen LogP contribution is -2.12. The smallest absolute Gasteiger partial charge is 0.175 e. The number of ketones is 1. The van der Waals surface area contributed by atoms with Gasteiger partial charge >= 0.3 is 0 Å². The minimum atomic E-state index is -1.04. The Morgan fingerprint density at radius 3 is 2.47 bits per heavy atom. The molecule has 1 aromatic carbocycles. The van der Waals surface area contributed by atoms with Crippen LogP contribution < -0.4 is 0 Å². The molecule has 0 aromatic heterocycles. The second-order valence-electron chi connectivity index (χ2n) is 3.22. The van der Waals surface area contributed by atoms with E-state index in [0.29, 0.717) is 16.3 Å². The van der Waals surface area contributed by atoms with Crippen LogP contribution in [0.1, 0.15) is 23.7 Å². The van der Waals surface area contributed by atoms with Gasteiger partial charge in [0.25, 0.3) is 0 Å². The van der Waals surface area contributed by atoms with Gasteiger partial charge in [-0.2, -0.15) is 0 Å². The first kappa shape index (κ1) is 12.4. The molecular weight excluding hydrogens is 232 g/mol. The number of hydrogen-bond acceptors (Lipinski definition) is 2. The summed E-state index contributed by atoms with van der Waals surface area (Å²) in [5.41, 5.74) is 0.573. The summed E-state index contributed by atoms with van der Waals surface area (Å²) in [6.07, 6.45) is 0.834. The Hall–Kier alpha value is -0.670. The van der Waals surface area contributed by atoms with Gasteiger partial charge in [-0.15, -0.1) is 0 Å². The van der Waals surface area contributed by atoms with Crippen molar-refractivity contribution in [2.24, 2.45) is 0 Å². The fourth-order valence-corrected chi connectivity index (χ4v) is 2.35. The van der Waals surface area contributed by atoms with Crippen LogP contribution in [0.3, 0.4) is 0 Å². The van der Waals surface area contributed by atoms with Gasteiger partial charge in [0.05, 0.1) is 5.75 Å². The maximum absolute atomic E-state index is 11.6. The van der Waals surface area contributed by atoms with Gasteiger partial charge in [-0.3, -0.25) is 9.00 Å². The number of halogens is 1. The molecule has 0 radical (unpaired) electrons. The van der Waals surface area contributed by atoms with E-state index >= 15 is 0 Å². The molecule has 0 saturated carbocycles. The average molecular weight is 245 g/mol. The van der Waals surface area contributed by atoms with Gasteiger partial charge in [-0.1, -0.05) is 18.5 Å². The third-order valence-corrected chi connectivity index (χ3v) is 3.59. The Morgan fingerprint density at radius 1 is 1.33 bits per heavy atom. The molecule has 0 aliphatic rings. The first-order chi connectivity index (χ1) is 7.13. The third-order valence-electron chi connectivity index (χ3n) is 1.89. The minimum Gasteiger partial charge on any atom is -0.293 e. The highest BCUT2D eigenvalue weighted by Crippen LogP contribution is 2.10. The number of benzene rings is 1. The SMILES string of the molecule is CCCS(=O)CC(=O)c1ccc(Cl)cc1. The van der Waals surface area contributed by atoms with Gasteiger partial charge in [0, 0.05) is 27.1 Å². The van der Waals surface area contributed by atoms with Crippen LogP contribution >= 0.6 is 11.6 Å². The first-order valence-corrected chi connectivity index (χ1v) is 6.64. The van der Waals surface area contributed by atoms with E-state index < -0.39 is 10.8 Å². The van der Waals surface area contributed by atoms with E-state index in [1.165, 1.54) is 0 Å². The molecule has 0 aliphatic carbocycles. The van der Waals surface area contributed by atoms with Gasteiger partial charge in [-0.25, -0.2) is 0 Å². The largest absolute Gasteiger partial charge is 0.293 e. The molecule has 4 heteroatoms. The molecule has 0 saturated heterocycles. The van der Waals surface area contributed by atoms with Gasteiger partial charge in [-0.05, 0) is 30.7 Å². The molecular formula is C11H13ClO2S. The lowest BCUT2D eigenvalue weighted by atomic mass is 10.1. The molecule has 0 fully saturated rings. The van der Waals surface area contributed by atoms with Gasteiger partial charge in [0.2, 0.25) is 0 Å². The molecule has 0 N–H and O–H groups in total. The first-order valence-electron chi connectivity index (χ1n) is 4.77. The highest BCUT2D eigenvalue weighted by atomic mass is 35.5. The summed E-state index contributed by atoms with van der Waals surface area (Å²) in [6, 6.07) is 6.65. The zero-order valence-corrected chi connectivity index (χ0v) is 10.1. The summed E-state index contributed by atoms with van der Waals surface area (Å²) in [5, 5.41) is 0.598. The van der Waals surface area contributed by atoms with Crippen LogP contribution in [-0.2, 0) is 10.8 Å². The normalized spacial score (nSPS) is 12.4. The Labute approximate surface area is 97.1 Å². The van der Waals surface area contributed by atoms with Crippen LogP contribution in [0.25, 0.3) is 0 Å². The summed E-state index contributed by atoms with van der Waals surface area (Å²) >= 11 is 5.70. The summed E-state index contributed by atoms with van der Waals surface area (Å²) < 4.78 is 11.4. The topological polar surface area (TPSA) is 34.1 Å². The molecule has 1 atom stereocenters. The standard InChI is InChI=1S/C11H13ClO2S/c1-2-7-15(14)8-11(13)9-3-5-10(12)6-4-9/h3-6H,2,7-8H2,1H3. The van der Waals surface area contributed by atoms with Crippen molar-refractivity contribution in [3.8, 4) is 0 Å². The zero-order valence-electron chi connectivity index (χ0n) is 8.53. The molecule has 15 heavy (non-hydrogen) atoms. The van der Waals surface area contributed by atoms with Crippen molar-refractivity contribution in [3.63, 3.8) is 0 Å². The van der Waals surface area contributed by atoms with Crippen molar-refractivity contribution < 1.29 is 9.00 Å². The molecule has 1 unspecified atom stereocenters. The number of rotatable bonds is 5. The van der Waals surface area contributed by atoms with Crippen LogP contribution in [0, 0.1) is 0 Å². The highest BCUT2D eigenvalue weighted by Gasteiger charge is 2.09. The maximum atomic E-state index is 11.6. The molecule has 0 aliphatic heterocycles. The van der Waals surface area contributed by atoms with Crippen molar-refractivity contribution in [1.82, 2.24) is 0 Å². The number of carbonyl (C=O) groups is 1. The van der Waals surface area contributed by atoms with E-state index in [9.17, 15) is 9.00 Å². The molecule has 82 valence electrons. The lowest BCUT2D eigenvalue weighted by molar-refractivity contribution is 0.102. The van der Waals surface area contributed by atoms with Crippen LogP contribution in [0.2, 0.25) is 5.02 Å². The van der Waals surface area contributed by atoms with Crippen molar-refractivity contribution in [1.29, 1.82) is 0 Å². The van der Waals surface area contributed by atoms with Crippen LogP contribution in [0.15, 0.2) is 24.3 Å². The molecule has 0 heterocycles. The molecule has 0 amide bonds. The molecule has 0 bridgehead atoms. The fourth-order valence-electron chi connectivity index (χ4n) is 1.17. The van der Waals surface area contributed by atoms with E-state index in [0.717, 1.165) is 6.42 Å². The summed E-state index contributed by atoms with van der Waals surface area (Å²) in [6.45, 7) is 1.95. The van der Waals surface area contributed by atoms with E-state index in [1.807, 2.05) is 6.92 Å². The fraction of sp³-hybridized carbons (Fsp3) is 0.364. The molecule has 2 nitrogen and oxygen atoms in total. The lowest BCUT2D eigenvalue weighted by Gasteiger charge is -2.00. The Morgan fingerprint density at radius 2 is 1.93 bits per heavy atom. The molecule has 1 rings (SSSR count).